The van der Waals surface area contributed by atoms with E-state index >= 15 is 0 Å². The van der Waals surface area contributed by atoms with E-state index in [-0.39, 0.29) is 0 Å². The van der Waals surface area contributed by atoms with E-state index in [0.29, 0.717) is 6.41 Å². The second-order valence-corrected chi connectivity index (χ2v) is 3.57. The first kappa shape index (κ1) is 8.97. The van der Waals surface area contributed by atoms with Crippen LogP contribution in [0, 0.1) is 0 Å². The minimum Gasteiger partial charge on any atom is -0.456 e. The Bertz CT molecular complexity index is 670. The highest BCUT2D eigenvalue weighted by molar-refractivity contribution is 6.05. The number of benzene rings is 2. The molecule has 3 heteroatoms. The molecule has 0 bridgehead atoms. The van der Waals surface area contributed by atoms with Gasteiger partial charge >= 0.3 is 0 Å². The normalized spacial score (nSPS) is 10.8. The molecule has 3 rings (SSSR count). The molecule has 78 valence electrons. The molecule has 0 aliphatic carbocycles. The Morgan fingerprint density at radius 1 is 1.00 bits per heavy atom. The Kier molecular flexibility index (Phi) is 1.90. The number of amides is 1. The molecular formula is C13H9NO2. The lowest BCUT2D eigenvalue weighted by molar-refractivity contribution is -0.105. The van der Waals surface area contributed by atoms with Crippen molar-refractivity contribution in [2.45, 2.75) is 0 Å². The van der Waals surface area contributed by atoms with E-state index in [2.05, 4.69) is 5.32 Å². The molecule has 0 aliphatic rings. The molecule has 0 atom stereocenters. The predicted octanol–water partition coefficient (Wildman–Crippen LogP) is 3.15. The van der Waals surface area contributed by atoms with Gasteiger partial charge in [0.05, 0.1) is 0 Å². The summed E-state index contributed by atoms with van der Waals surface area (Å²) < 4.78 is 5.68. The van der Waals surface area contributed by atoms with Crippen LogP contribution in [0.1, 0.15) is 0 Å². The van der Waals surface area contributed by atoms with Crippen LogP contribution in [0.4, 0.5) is 5.69 Å². The predicted molar refractivity (Wildman–Crippen MR) is 63.4 cm³/mol. The number of nitrogens with one attached hydrogen (secondary N) is 1. The quantitative estimate of drug-likeness (QED) is 0.661. The Morgan fingerprint density at radius 2 is 1.81 bits per heavy atom. The average Bonchev–Trinajstić information content (AvgIpc) is 2.67. The fourth-order valence-corrected chi connectivity index (χ4v) is 1.88. The van der Waals surface area contributed by atoms with E-state index < -0.39 is 0 Å². The summed E-state index contributed by atoms with van der Waals surface area (Å²) in [4.78, 5) is 10.3. The summed E-state index contributed by atoms with van der Waals surface area (Å²) in [6, 6.07) is 13.5. The zero-order chi connectivity index (χ0) is 11.0. The highest BCUT2D eigenvalue weighted by Gasteiger charge is 2.05. The highest BCUT2D eigenvalue weighted by atomic mass is 16.3. The lowest BCUT2D eigenvalue weighted by atomic mass is 10.1. The number of fused-ring (bicyclic) bond motifs is 3. The molecule has 0 unspecified atom stereocenters. The molecule has 0 fully saturated rings. The van der Waals surface area contributed by atoms with Crippen LogP contribution in [-0.4, -0.2) is 6.41 Å². The summed E-state index contributed by atoms with van der Waals surface area (Å²) in [5, 5.41) is 4.76. The van der Waals surface area contributed by atoms with Crippen LogP contribution < -0.4 is 5.32 Å². The number of rotatable bonds is 2. The molecule has 2 aromatic carbocycles. The van der Waals surface area contributed by atoms with Gasteiger partial charge in [-0.3, -0.25) is 4.79 Å². The van der Waals surface area contributed by atoms with Gasteiger partial charge in [-0.1, -0.05) is 18.2 Å². The second kappa shape index (κ2) is 3.38. The van der Waals surface area contributed by atoms with Crippen molar-refractivity contribution in [2.24, 2.45) is 0 Å². The number of anilines is 1. The highest BCUT2D eigenvalue weighted by Crippen LogP contribution is 2.29. The number of para-hydroxylation sites is 1. The summed E-state index contributed by atoms with van der Waals surface area (Å²) in [5.41, 5.74) is 2.38. The molecule has 0 aliphatic heterocycles. The largest absolute Gasteiger partial charge is 0.456 e. The van der Waals surface area contributed by atoms with Crippen molar-refractivity contribution in [3.63, 3.8) is 0 Å². The van der Waals surface area contributed by atoms with Gasteiger partial charge in [0.15, 0.2) is 0 Å². The van der Waals surface area contributed by atoms with Gasteiger partial charge in [0, 0.05) is 22.5 Å². The van der Waals surface area contributed by atoms with Gasteiger partial charge in [-0.2, -0.15) is 0 Å². The number of carbonyl (C=O) groups is 1. The van der Waals surface area contributed by atoms with E-state index in [0.717, 1.165) is 27.6 Å². The van der Waals surface area contributed by atoms with E-state index in [9.17, 15) is 4.79 Å². The average molecular weight is 211 g/mol. The van der Waals surface area contributed by atoms with Gasteiger partial charge in [0.25, 0.3) is 0 Å². The summed E-state index contributed by atoms with van der Waals surface area (Å²) >= 11 is 0. The molecule has 16 heavy (non-hydrogen) atoms. The topological polar surface area (TPSA) is 42.2 Å². The van der Waals surface area contributed by atoms with Crippen LogP contribution in [0.15, 0.2) is 46.9 Å². The van der Waals surface area contributed by atoms with Crippen LogP contribution in [0.3, 0.4) is 0 Å². The second-order valence-electron chi connectivity index (χ2n) is 3.57. The molecule has 0 saturated carbocycles. The van der Waals surface area contributed by atoms with Crippen molar-refractivity contribution in [3.8, 4) is 0 Å². The summed E-state index contributed by atoms with van der Waals surface area (Å²) in [6.45, 7) is 0. The van der Waals surface area contributed by atoms with E-state index in [1.807, 2.05) is 42.5 Å². The van der Waals surface area contributed by atoms with Crippen molar-refractivity contribution in [3.05, 3.63) is 42.5 Å². The number of carbonyl (C=O) groups excluding carboxylic acids is 1. The van der Waals surface area contributed by atoms with Crippen LogP contribution in [0.5, 0.6) is 0 Å². The summed E-state index contributed by atoms with van der Waals surface area (Å²) in [6.07, 6.45) is 0.657. The van der Waals surface area contributed by atoms with Crippen molar-refractivity contribution in [1.29, 1.82) is 0 Å². The Labute approximate surface area is 91.7 Å². The van der Waals surface area contributed by atoms with Crippen LogP contribution >= 0.6 is 0 Å². The summed E-state index contributed by atoms with van der Waals surface area (Å²) in [5.74, 6) is 0. The van der Waals surface area contributed by atoms with E-state index in [1.54, 1.807) is 0 Å². The zero-order valence-electron chi connectivity index (χ0n) is 8.44. The van der Waals surface area contributed by atoms with Gasteiger partial charge in [-0.25, -0.2) is 0 Å². The Balaban J connectivity index is 2.32. The van der Waals surface area contributed by atoms with Crippen molar-refractivity contribution < 1.29 is 9.21 Å². The fourth-order valence-electron chi connectivity index (χ4n) is 1.88. The zero-order valence-corrected chi connectivity index (χ0v) is 8.44. The fraction of sp³-hybridized carbons (Fsp3) is 0. The Hall–Kier alpha value is -2.29. The van der Waals surface area contributed by atoms with Crippen molar-refractivity contribution in [2.75, 3.05) is 5.32 Å². The first-order chi connectivity index (χ1) is 7.88. The number of furan rings is 1. The van der Waals surface area contributed by atoms with Gasteiger partial charge in [-0.05, 0) is 18.2 Å². The van der Waals surface area contributed by atoms with E-state index in [4.69, 9.17) is 4.42 Å². The first-order valence-corrected chi connectivity index (χ1v) is 5.00. The third kappa shape index (κ3) is 1.26. The standard InChI is InChI=1S/C13H9NO2/c15-8-14-9-5-6-11-10-3-1-2-4-12(10)16-13(11)7-9/h1-8H,(H,14,15). The molecule has 1 heterocycles. The van der Waals surface area contributed by atoms with Crippen molar-refractivity contribution >= 4 is 34.0 Å². The van der Waals surface area contributed by atoms with Crippen LogP contribution in [0.25, 0.3) is 21.9 Å². The maximum absolute atomic E-state index is 10.3. The molecule has 0 radical (unpaired) electrons. The maximum atomic E-state index is 10.3. The molecule has 0 saturated heterocycles. The molecule has 1 aromatic heterocycles. The molecule has 0 spiro atoms. The van der Waals surface area contributed by atoms with Crippen LogP contribution in [-0.2, 0) is 4.79 Å². The molecule has 1 amide bonds. The van der Waals surface area contributed by atoms with Crippen LogP contribution in [0.2, 0.25) is 0 Å². The van der Waals surface area contributed by atoms with Crippen molar-refractivity contribution in [1.82, 2.24) is 0 Å². The Morgan fingerprint density at radius 3 is 2.69 bits per heavy atom. The molecule has 3 aromatic rings. The summed E-state index contributed by atoms with van der Waals surface area (Å²) in [7, 11) is 0. The number of hydrogen-bond acceptors (Lipinski definition) is 2. The lowest BCUT2D eigenvalue weighted by Gasteiger charge is -1.96. The number of hydrogen-bond donors (Lipinski definition) is 1. The monoisotopic (exact) mass is 211 g/mol. The van der Waals surface area contributed by atoms with Gasteiger partial charge < -0.3 is 9.73 Å². The van der Waals surface area contributed by atoms with Gasteiger partial charge in [0.2, 0.25) is 6.41 Å². The third-order valence-corrected chi connectivity index (χ3v) is 2.60. The molecule has 3 nitrogen and oxygen atoms in total. The molecular weight excluding hydrogens is 202 g/mol. The van der Waals surface area contributed by atoms with E-state index in [1.165, 1.54) is 0 Å². The smallest absolute Gasteiger partial charge is 0.211 e. The molecule has 1 N–H and O–H groups in total. The third-order valence-electron chi connectivity index (χ3n) is 2.60. The van der Waals surface area contributed by atoms with Gasteiger partial charge in [-0.15, -0.1) is 0 Å². The first-order valence-electron chi connectivity index (χ1n) is 5.00. The van der Waals surface area contributed by atoms with Gasteiger partial charge in [0.1, 0.15) is 11.2 Å². The minimum atomic E-state index is 0.657. The maximum Gasteiger partial charge on any atom is 0.211 e. The minimum absolute atomic E-state index is 0.657. The lowest BCUT2D eigenvalue weighted by Crippen LogP contribution is -1.92. The SMILES string of the molecule is O=CNc1ccc2c(c1)oc1ccccc12.